The van der Waals surface area contributed by atoms with Gasteiger partial charge >= 0.3 is 0 Å². The van der Waals surface area contributed by atoms with Gasteiger partial charge in [-0.05, 0) is 17.7 Å². The van der Waals surface area contributed by atoms with Crippen molar-refractivity contribution in [3.63, 3.8) is 0 Å². The molecule has 0 bridgehead atoms. The predicted molar refractivity (Wildman–Crippen MR) is 64.1 cm³/mol. The first kappa shape index (κ1) is 11.7. The smallest absolute Gasteiger partial charge is 0.247 e. The summed E-state index contributed by atoms with van der Waals surface area (Å²) in [7, 11) is 0. The number of nitrogens with zero attached hydrogens (tertiary/aromatic N) is 1. The molecule has 0 unspecified atom stereocenters. The predicted octanol–water partition coefficient (Wildman–Crippen LogP) is 1.92. The topological polar surface area (TPSA) is 68.0 Å². The van der Waals surface area contributed by atoms with Gasteiger partial charge in [0.25, 0.3) is 0 Å². The van der Waals surface area contributed by atoms with E-state index in [2.05, 4.69) is 10.3 Å². The van der Waals surface area contributed by atoms with Crippen LogP contribution in [0.1, 0.15) is 11.6 Å². The number of nitrogens with one attached hydrogen (secondary N) is 1. The second-order valence-corrected chi connectivity index (χ2v) is 4.25. The molecule has 0 aliphatic heterocycles. The van der Waals surface area contributed by atoms with E-state index in [4.69, 9.17) is 5.73 Å². The van der Waals surface area contributed by atoms with Crippen LogP contribution in [0.15, 0.2) is 35.8 Å². The SMILES string of the molecule is N[C@@H](C(=O)Nc1nccs1)c1cccc(F)c1. The third kappa shape index (κ3) is 2.86. The average molecular weight is 251 g/mol. The highest BCUT2D eigenvalue weighted by Gasteiger charge is 2.16. The lowest BCUT2D eigenvalue weighted by Gasteiger charge is -2.10. The molecule has 0 saturated carbocycles. The minimum absolute atomic E-state index is 0.412. The lowest BCUT2D eigenvalue weighted by Crippen LogP contribution is -2.27. The van der Waals surface area contributed by atoms with Crippen molar-refractivity contribution in [2.75, 3.05) is 5.32 Å². The van der Waals surface area contributed by atoms with E-state index in [9.17, 15) is 9.18 Å². The number of rotatable bonds is 3. The maximum atomic E-state index is 13.0. The summed E-state index contributed by atoms with van der Waals surface area (Å²) in [6.07, 6.45) is 1.58. The van der Waals surface area contributed by atoms with Crippen LogP contribution < -0.4 is 11.1 Å². The normalized spacial score (nSPS) is 12.1. The van der Waals surface area contributed by atoms with Gasteiger partial charge in [-0.3, -0.25) is 4.79 Å². The van der Waals surface area contributed by atoms with E-state index in [1.807, 2.05) is 0 Å². The van der Waals surface area contributed by atoms with Crippen LogP contribution in [0.5, 0.6) is 0 Å². The lowest BCUT2D eigenvalue weighted by atomic mass is 10.1. The van der Waals surface area contributed by atoms with Crippen LogP contribution in [-0.4, -0.2) is 10.9 Å². The van der Waals surface area contributed by atoms with Gasteiger partial charge < -0.3 is 11.1 Å². The molecule has 1 amide bonds. The molecule has 88 valence electrons. The van der Waals surface area contributed by atoms with Crippen LogP contribution >= 0.6 is 11.3 Å². The zero-order chi connectivity index (χ0) is 12.3. The van der Waals surface area contributed by atoms with Crippen molar-refractivity contribution in [3.8, 4) is 0 Å². The molecule has 1 heterocycles. The maximum Gasteiger partial charge on any atom is 0.247 e. The number of aromatic nitrogens is 1. The molecule has 0 radical (unpaired) electrons. The third-order valence-electron chi connectivity index (χ3n) is 2.15. The van der Waals surface area contributed by atoms with Gasteiger partial charge in [-0.2, -0.15) is 0 Å². The third-order valence-corrected chi connectivity index (χ3v) is 2.84. The van der Waals surface area contributed by atoms with Gasteiger partial charge in [0.1, 0.15) is 11.9 Å². The van der Waals surface area contributed by atoms with Crippen LogP contribution in [0.4, 0.5) is 9.52 Å². The van der Waals surface area contributed by atoms with Crippen molar-refractivity contribution in [1.29, 1.82) is 0 Å². The van der Waals surface area contributed by atoms with Crippen molar-refractivity contribution < 1.29 is 9.18 Å². The Morgan fingerprint density at radius 3 is 3.00 bits per heavy atom. The van der Waals surface area contributed by atoms with Crippen LogP contribution in [-0.2, 0) is 4.79 Å². The zero-order valence-electron chi connectivity index (χ0n) is 8.76. The van der Waals surface area contributed by atoms with Gasteiger partial charge in [0.2, 0.25) is 5.91 Å². The standard InChI is InChI=1S/C11H10FN3OS/c12-8-3-1-2-7(6-8)9(13)10(16)15-11-14-4-5-17-11/h1-6,9H,13H2,(H,14,15,16)/t9-/m1/s1. The Hall–Kier alpha value is -1.79. The number of hydrogen-bond donors (Lipinski definition) is 2. The molecule has 4 nitrogen and oxygen atoms in total. The van der Waals surface area contributed by atoms with Crippen molar-refractivity contribution in [3.05, 3.63) is 47.2 Å². The second-order valence-electron chi connectivity index (χ2n) is 3.36. The molecule has 1 aromatic heterocycles. The first-order valence-corrected chi connectivity index (χ1v) is 5.76. The summed E-state index contributed by atoms with van der Waals surface area (Å²) in [5, 5.41) is 4.77. The van der Waals surface area contributed by atoms with Gasteiger partial charge in [0.05, 0.1) is 0 Å². The molecule has 1 aromatic carbocycles. The Kier molecular flexibility index (Phi) is 3.46. The Morgan fingerprint density at radius 1 is 1.53 bits per heavy atom. The number of carbonyl (C=O) groups excluding carboxylic acids is 1. The van der Waals surface area contributed by atoms with E-state index < -0.39 is 17.8 Å². The van der Waals surface area contributed by atoms with Crippen LogP contribution in [0, 0.1) is 5.82 Å². The van der Waals surface area contributed by atoms with E-state index in [0.717, 1.165) is 0 Å². The molecular weight excluding hydrogens is 241 g/mol. The highest BCUT2D eigenvalue weighted by molar-refractivity contribution is 7.13. The summed E-state index contributed by atoms with van der Waals surface area (Å²) < 4.78 is 13.0. The molecule has 1 atom stereocenters. The Labute approximate surface area is 101 Å². The van der Waals surface area contributed by atoms with Crippen molar-refractivity contribution in [2.24, 2.45) is 5.73 Å². The fourth-order valence-corrected chi connectivity index (χ4v) is 1.85. The number of thiazole rings is 1. The van der Waals surface area contributed by atoms with E-state index >= 15 is 0 Å². The number of anilines is 1. The van der Waals surface area contributed by atoms with E-state index in [1.165, 1.54) is 29.5 Å². The fourth-order valence-electron chi connectivity index (χ4n) is 1.32. The zero-order valence-corrected chi connectivity index (χ0v) is 9.58. The van der Waals surface area contributed by atoms with Crippen LogP contribution in [0.25, 0.3) is 0 Å². The van der Waals surface area contributed by atoms with Crippen molar-refractivity contribution >= 4 is 22.4 Å². The Bertz CT molecular complexity index is 515. The fraction of sp³-hybridized carbons (Fsp3) is 0.0909. The number of nitrogens with two attached hydrogens (primary N) is 1. The first-order chi connectivity index (χ1) is 8.16. The molecule has 3 N–H and O–H groups in total. The van der Waals surface area contributed by atoms with Gasteiger partial charge in [-0.25, -0.2) is 9.37 Å². The molecule has 0 spiro atoms. The van der Waals surface area contributed by atoms with Gasteiger partial charge in [0.15, 0.2) is 5.13 Å². The number of halogens is 1. The monoisotopic (exact) mass is 251 g/mol. The summed E-state index contributed by atoms with van der Waals surface area (Å²) >= 11 is 1.29. The summed E-state index contributed by atoms with van der Waals surface area (Å²) in [5.74, 6) is -0.828. The molecule has 2 rings (SSSR count). The van der Waals surface area contributed by atoms with Crippen molar-refractivity contribution in [1.82, 2.24) is 4.98 Å². The number of carbonyl (C=O) groups is 1. The molecule has 0 saturated heterocycles. The van der Waals surface area contributed by atoms with Crippen molar-refractivity contribution in [2.45, 2.75) is 6.04 Å². The van der Waals surface area contributed by atoms with Gasteiger partial charge in [-0.15, -0.1) is 11.3 Å². The molecule has 2 aromatic rings. The van der Waals surface area contributed by atoms with Crippen LogP contribution in [0.2, 0.25) is 0 Å². The Balaban J connectivity index is 2.09. The molecular formula is C11H10FN3OS. The molecule has 0 fully saturated rings. The van der Waals surface area contributed by atoms with E-state index in [0.29, 0.717) is 10.7 Å². The number of amides is 1. The van der Waals surface area contributed by atoms with Crippen LogP contribution in [0.3, 0.4) is 0 Å². The van der Waals surface area contributed by atoms with Gasteiger partial charge in [-0.1, -0.05) is 12.1 Å². The first-order valence-electron chi connectivity index (χ1n) is 4.88. The minimum atomic E-state index is -0.908. The highest BCUT2D eigenvalue weighted by Crippen LogP contribution is 2.16. The summed E-state index contributed by atoms with van der Waals surface area (Å²) in [6.45, 7) is 0. The van der Waals surface area contributed by atoms with E-state index in [-0.39, 0.29) is 0 Å². The quantitative estimate of drug-likeness (QED) is 0.875. The maximum absolute atomic E-state index is 13.0. The molecule has 17 heavy (non-hydrogen) atoms. The average Bonchev–Trinajstić information content (AvgIpc) is 2.80. The molecule has 6 heteroatoms. The summed E-state index contributed by atoms with van der Waals surface area (Å²) in [6, 6.07) is 4.76. The highest BCUT2D eigenvalue weighted by atomic mass is 32.1. The number of benzene rings is 1. The largest absolute Gasteiger partial charge is 0.316 e. The number of hydrogen-bond acceptors (Lipinski definition) is 4. The summed E-state index contributed by atoms with van der Waals surface area (Å²) in [5.41, 5.74) is 6.15. The van der Waals surface area contributed by atoms with Gasteiger partial charge in [0, 0.05) is 11.6 Å². The second kappa shape index (κ2) is 5.03. The minimum Gasteiger partial charge on any atom is -0.316 e. The van der Waals surface area contributed by atoms with E-state index in [1.54, 1.807) is 17.6 Å². The molecule has 0 aliphatic carbocycles. The Morgan fingerprint density at radius 2 is 2.35 bits per heavy atom. The molecule has 0 aliphatic rings. The summed E-state index contributed by atoms with van der Waals surface area (Å²) in [4.78, 5) is 15.6. The lowest BCUT2D eigenvalue weighted by molar-refractivity contribution is -0.117.